The van der Waals surface area contributed by atoms with E-state index < -0.39 is 40.2 Å². The molecule has 0 aliphatic rings. The van der Waals surface area contributed by atoms with E-state index in [2.05, 4.69) is 30.3 Å². The van der Waals surface area contributed by atoms with Gasteiger partial charge < -0.3 is 15.4 Å². The molecule has 0 bridgehead atoms. The molecule has 2 aromatic carbocycles. The maximum atomic E-state index is 14.6. The number of amides is 2. The Hall–Kier alpha value is -3.74. The fraction of sp³-hybridized carbons (Fsp3) is 0.158. The first-order valence-electron chi connectivity index (χ1n) is 9.28. The molecule has 1 unspecified atom stereocenters. The molecule has 3 aromatic rings. The van der Waals surface area contributed by atoms with Crippen LogP contribution in [0.15, 0.2) is 42.7 Å². The van der Waals surface area contributed by atoms with Gasteiger partial charge >= 0.3 is 6.03 Å². The molecule has 32 heavy (non-hydrogen) atoms. The summed E-state index contributed by atoms with van der Waals surface area (Å²) in [5, 5.41) is 7.07. The van der Waals surface area contributed by atoms with Gasteiger partial charge in [0, 0.05) is 11.4 Å². The summed E-state index contributed by atoms with van der Waals surface area (Å²) >= 11 is 0. The zero-order chi connectivity index (χ0) is 23.1. The second-order valence-corrected chi connectivity index (χ2v) is 7.58. The van der Waals surface area contributed by atoms with Gasteiger partial charge in [-0.25, -0.2) is 32.1 Å². The molecule has 1 aromatic heterocycles. The quantitative estimate of drug-likeness (QED) is 0.396. The fourth-order valence-corrected chi connectivity index (χ4v) is 3.31. The minimum atomic E-state index is -1.56. The van der Waals surface area contributed by atoms with Crippen molar-refractivity contribution in [2.24, 2.45) is 0 Å². The van der Waals surface area contributed by atoms with Crippen LogP contribution in [-0.2, 0) is 11.0 Å². The number of nitrogens with zero attached hydrogens (tertiary/aromatic N) is 3. The highest BCUT2D eigenvalue weighted by Gasteiger charge is 2.18. The largest absolute Gasteiger partial charge is 0.326 e. The Morgan fingerprint density at radius 2 is 1.72 bits per heavy atom. The molecule has 3 rings (SSSR count). The second-order valence-electron chi connectivity index (χ2n) is 6.28. The predicted molar refractivity (Wildman–Crippen MR) is 115 cm³/mol. The zero-order valence-corrected chi connectivity index (χ0v) is 17.5. The molecule has 1 heterocycles. The fourth-order valence-electron chi connectivity index (χ4n) is 2.43. The first-order chi connectivity index (χ1) is 15.4. The molecule has 0 saturated heterocycles. The average Bonchev–Trinajstić information content (AvgIpc) is 2.75. The molecule has 0 radical (unpaired) electrons. The summed E-state index contributed by atoms with van der Waals surface area (Å²) < 4.78 is 55.9. The summed E-state index contributed by atoms with van der Waals surface area (Å²) in [6.07, 6.45) is 1.70. The third-order valence-corrected chi connectivity index (χ3v) is 5.07. The van der Waals surface area contributed by atoms with E-state index in [9.17, 15) is 22.2 Å². The van der Waals surface area contributed by atoms with Gasteiger partial charge in [-0.05, 0) is 42.8 Å². The standard InChI is InChI=1S/C19H18F3N7O2S/c1-2-9-32(31)29-14-8-7-13(21)16(15(14)22)26-19(30)28-18-24-10-23-17(27-18)25-12-5-3-11(20)4-6-12/h3-8,10,29H,2,9H2,1H3,(H3,23,24,25,26,27,28,30). The summed E-state index contributed by atoms with van der Waals surface area (Å²) in [6, 6.07) is 6.38. The molecule has 0 saturated carbocycles. The van der Waals surface area contributed by atoms with E-state index >= 15 is 0 Å². The Morgan fingerprint density at radius 1 is 1.00 bits per heavy atom. The Labute approximate surface area is 183 Å². The van der Waals surface area contributed by atoms with Crippen LogP contribution in [0, 0.1) is 17.5 Å². The maximum Gasteiger partial charge on any atom is 0.326 e. The van der Waals surface area contributed by atoms with E-state index in [1.807, 2.05) is 5.32 Å². The number of aromatic nitrogens is 3. The summed E-state index contributed by atoms with van der Waals surface area (Å²) in [4.78, 5) is 23.8. The van der Waals surface area contributed by atoms with E-state index in [1.54, 1.807) is 6.92 Å². The summed E-state index contributed by atoms with van der Waals surface area (Å²) in [5.74, 6) is -2.45. The second kappa shape index (κ2) is 10.5. The van der Waals surface area contributed by atoms with Gasteiger partial charge in [0.05, 0.1) is 5.69 Å². The lowest BCUT2D eigenvalue weighted by atomic mass is 10.2. The van der Waals surface area contributed by atoms with Crippen molar-refractivity contribution in [3.8, 4) is 0 Å². The Morgan fingerprint density at radius 3 is 2.44 bits per heavy atom. The molecule has 0 fully saturated rings. The molecule has 168 valence electrons. The third kappa shape index (κ3) is 6.14. The van der Waals surface area contributed by atoms with Crippen molar-refractivity contribution in [3.63, 3.8) is 0 Å². The van der Waals surface area contributed by atoms with E-state index in [-0.39, 0.29) is 23.3 Å². The topological polar surface area (TPSA) is 121 Å². The van der Waals surface area contributed by atoms with Gasteiger partial charge in [0.25, 0.3) is 0 Å². The number of rotatable bonds is 8. The van der Waals surface area contributed by atoms with Crippen LogP contribution in [-0.4, -0.2) is 30.9 Å². The number of benzene rings is 2. The SMILES string of the molecule is CCCS(=O)Nc1ccc(F)c(NC(=O)Nc2ncnc(Nc3ccc(F)cc3)n2)c1F. The van der Waals surface area contributed by atoms with Gasteiger partial charge in [-0.1, -0.05) is 6.92 Å². The van der Waals surface area contributed by atoms with Crippen LogP contribution < -0.4 is 20.7 Å². The molecule has 2 amide bonds. The molecular formula is C19H18F3N7O2S. The number of nitrogens with one attached hydrogen (secondary N) is 4. The van der Waals surface area contributed by atoms with E-state index in [1.165, 1.54) is 24.3 Å². The average molecular weight is 465 g/mol. The van der Waals surface area contributed by atoms with Crippen LogP contribution in [0.2, 0.25) is 0 Å². The number of hydrogen-bond donors (Lipinski definition) is 4. The smallest absolute Gasteiger partial charge is 0.324 e. The van der Waals surface area contributed by atoms with Gasteiger partial charge in [0.1, 0.15) is 34.6 Å². The summed E-state index contributed by atoms with van der Waals surface area (Å²) in [6.45, 7) is 1.81. The van der Waals surface area contributed by atoms with Gasteiger partial charge in [-0.15, -0.1) is 0 Å². The Kier molecular flexibility index (Phi) is 7.54. The van der Waals surface area contributed by atoms with E-state index in [0.29, 0.717) is 12.1 Å². The van der Waals surface area contributed by atoms with Crippen molar-refractivity contribution >= 4 is 46.0 Å². The Bertz CT molecular complexity index is 1130. The highest BCUT2D eigenvalue weighted by atomic mass is 32.2. The lowest BCUT2D eigenvalue weighted by Gasteiger charge is -2.12. The van der Waals surface area contributed by atoms with Gasteiger partial charge in [0.15, 0.2) is 5.82 Å². The van der Waals surface area contributed by atoms with Crippen LogP contribution in [0.25, 0.3) is 0 Å². The number of urea groups is 1. The maximum absolute atomic E-state index is 14.6. The van der Waals surface area contributed by atoms with Gasteiger partial charge in [-0.2, -0.15) is 4.98 Å². The molecule has 0 aliphatic heterocycles. The first-order valence-corrected chi connectivity index (χ1v) is 10.6. The molecule has 4 N–H and O–H groups in total. The lowest BCUT2D eigenvalue weighted by Crippen LogP contribution is -2.23. The number of carbonyl (C=O) groups is 1. The number of carbonyl (C=O) groups excluding carboxylic acids is 1. The normalized spacial score (nSPS) is 11.5. The van der Waals surface area contributed by atoms with Gasteiger partial charge in [0.2, 0.25) is 11.9 Å². The highest BCUT2D eigenvalue weighted by Crippen LogP contribution is 2.26. The molecule has 0 spiro atoms. The lowest BCUT2D eigenvalue weighted by molar-refractivity contribution is 0.261. The van der Waals surface area contributed by atoms with Crippen molar-refractivity contribution in [2.45, 2.75) is 13.3 Å². The van der Waals surface area contributed by atoms with E-state index in [0.717, 1.165) is 18.5 Å². The molecule has 1 atom stereocenters. The predicted octanol–water partition coefficient (Wildman–Crippen LogP) is 4.16. The van der Waals surface area contributed by atoms with Crippen LogP contribution in [0.3, 0.4) is 0 Å². The van der Waals surface area contributed by atoms with Crippen molar-refractivity contribution in [1.82, 2.24) is 15.0 Å². The minimum absolute atomic E-state index is 0.0453. The van der Waals surface area contributed by atoms with Crippen LogP contribution in [0.5, 0.6) is 0 Å². The number of halogens is 3. The minimum Gasteiger partial charge on any atom is -0.324 e. The number of hydrogen-bond acceptors (Lipinski definition) is 6. The van der Waals surface area contributed by atoms with Crippen molar-refractivity contribution in [2.75, 3.05) is 26.4 Å². The van der Waals surface area contributed by atoms with Gasteiger partial charge in [-0.3, -0.25) is 5.32 Å². The third-order valence-electron chi connectivity index (χ3n) is 3.84. The highest BCUT2D eigenvalue weighted by molar-refractivity contribution is 7.86. The van der Waals surface area contributed by atoms with Crippen LogP contribution in [0.1, 0.15) is 13.3 Å². The van der Waals surface area contributed by atoms with Crippen LogP contribution >= 0.6 is 0 Å². The van der Waals surface area contributed by atoms with Crippen LogP contribution in [0.4, 0.5) is 46.9 Å². The first kappa shape index (κ1) is 22.9. The van der Waals surface area contributed by atoms with E-state index in [4.69, 9.17) is 0 Å². The van der Waals surface area contributed by atoms with Crippen molar-refractivity contribution in [3.05, 3.63) is 60.2 Å². The monoisotopic (exact) mass is 465 g/mol. The molecular weight excluding hydrogens is 447 g/mol. The summed E-state index contributed by atoms with van der Waals surface area (Å²) in [5.41, 5.74) is -0.471. The van der Waals surface area contributed by atoms with Crippen molar-refractivity contribution in [1.29, 1.82) is 0 Å². The summed E-state index contributed by atoms with van der Waals surface area (Å²) in [7, 11) is -1.56. The molecule has 0 aliphatic carbocycles. The molecule has 13 heteroatoms. The van der Waals surface area contributed by atoms with Crippen molar-refractivity contribution < 1.29 is 22.2 Å². The molecule has 9 nitrogen and oxygen atoms in total. The number of anilines is 5. The zero-order valence-electron chi connectivity index (χ0n) is 16.7. The Balaban J connectivity index is 1.69.